The minimum atomic E-state index is -0.367. The lowest BCUT2D eigenvalue weighted by molar-refractivity contribution is 0.630. The van der Waals surface area contributed by atoms with Gasteiger partial charge in [-0.2, -0.15) is 0 Å². The van der Waals surface area contributed by atoms with Gasteiger partial charge in [-0.25, -0.2) is 8.78 Å². The van der Waals surface area contributed by atoms with Gasteiger partial charge in [-0.3, -0.25) is 0 Å². The molecule has 0 spiro atoms. The number of hydrogen-bond donors (Lipinski definition) is 0. The van der Waals surface area contributed by atoms with Crippen LogP contribution < -0.4 is 0 Å². The molecule has 0 unspecified atom stereocenters. The molecular formula is C68H44F2N4. The Morgan fingerprint density at radius 3 is 1.03 bits per heavy atom. The first-order chi connectivity index (χ1) is 36.5. The summed E-state index contributed by atoms with van der Waals surface area (Å²) in [6.45, 7) is 4.27. The molecule has 0 saturated carbocycles. The fourth-order valence-corrected chi connectivity index (χ4v) is 12.7. The Hall–Kier alpha value is -9.52. The van der Waals surface area contributed by atoms with E-state index in [1.54, 1.807) is 24.3 Å². The van der Waals surface area contributed by atoms with Crippen molar-refractivity contribution in [3.8, 4) is 45.0 Å². The third kappa shape index (κ3) is 5.76. The van der Waals surface area contributed by atoms with Crippen molar-refractivity contribution in [3.05, 3.63) is 253 Å². The van der Waals surface area contributed by atoms with Gasteiger partial charge in [-0.1, -0.05) is 158 Å². The number of rotatable bonds is 6. The Labute approximate surface area is 424 Å². The number of hydrogen-bond acceptors (Lipinski definition) is 0. The molecule has 4 heterocycles. The number of fused-ring (bicyclic) bond motifs is 14. The molecule has 0 bridgehead atoms. The Bertz CT molecular complexity index is 4750. The maximum Gasteiger partial charge on any atom is 0.131 e. The highest BCUT2D eigenvalue weighted by molar-refractivity contribution is 6.28. The Morgan fingerprint density at radius 1 is 0.270 bits per heavy atom. The lowest BCUT2D eigenvalue weighted by atomic mass is 9.86. The zero-order chi connectivity index (χ0) is 49.3. The Kier molecular flexibility index (Phi) is 9.12. The van der Waals surface area contributed by atoms with Gasteiger partial charge in [-0.15, -0.1) is 0 Å². The summed E-state index contributed by atoms with van der Waals surface area (Å²) >= 11 is 0. The van der Waals surface area contributed by atoms with Crippen molar-refractivity contribution in [2.24, 2.45) is 0 Å². The van der Waals surface area contributed by atoms with Crippen LogP contribution in [-0.4, -0.2) is 18.3 Å². The predicted molar refractivity (Wildman–Crippen MR) is 304 cm³/mol. The van der Waals surface area contributed by atoms with Gasteiger partial charge in [-0.05, 0) is 97.8 Å². The van der Waals surface area contributed by atoms with Crippen LogP contribution in [0.2, 0.25) is 0 Å². The van der Waals surface area contributed by atoms with Crippen molar-refractivity contribution >= 4 is 87.2 Å². The van der Waals surface area contributed by atoms with Gasteiger partial charge in [0.15, 0.2) is 0 Å². The second-order valence-electron chi connectivity index (χ2n) is 19.4. The first-order valence-corrected chi connectivity index (χ1v) is 25.2. The van der Waals surface area contributed by atoms with Crippen LogP contribution in [0.15, 0.2) is 231 Å². The number of aromatic nitrogens is 4. The monoisotopic (exact) mass is 954 g/mol. The minimum absolute atomic E-state index is 0.367. The van der Waals surface area contributed by atoms with E-state index in [9.17, 15) is 0 Å². The van der Waals surface area contributed by atoms with Crippen LogP contribution in [0.1, 0.15) is 11.1 Å². The van der Waals surface area contributed by atoms with Crippen molar-refractivity contribution in [1.29, 1.82) is 0 Å². The average Bonchev–Trinajstić information content (AvgIpc) is 4.22. The zero-order valence-electron chi connectivity index (χ0n) is 40.5. The smallest absolute Gasteiger partial charge is 0.131 e. The SMILES string of the molecule is Cc1c(-c2ccccc2F)c(-n2c3ccccc3c3ccc4c(c5ccccc5n4-c4ccccc4)c32)c(-c2ccccc2F)c(C)c1-n1c2ccccc2c2ccc3c(c4ccccc4n3-c3ccccc3)c21. The third-order valence-electron chi connectivity index (χ3n) is 15.6. The number of benzene rings is 11. The second kappa shape index (κ2) is 16.0. The van der Waals surface area contributed by atoms with E-state index in [2.05, 4.69) is 202 Å². The molecule has 15 aromatic rings. The van der Waals surface area contributed by atoms with Crippen LogP contribution in [0.4, 0.5) is 8.78 Å². The lowest BCUT2D eigenvalue weighted by Gasteiger charge is -2.28. The molecule has 0 amide bonds. The van der Waals surface area contributed by atoms with E-state index in [0.717, 1.165) is 115 Å². The molecule has 15 rings (SSSR count). The molecule has 0 fully saturated rings. The van der Waals surface area contributed by atoms with Crippen molar-refractivity contribution in [1.82, 2.24) is 18.3 Å². The molecule has 0 radical (unpaired) electrons. The molecule has 0 aliphatic rings. The topological polar surface area (TPSA) is 19.7 Å². The summed E-state index contributed by atoms with van der Waals surface area (Å²) in [5.41, 5.74) is 15.8. The van der Waals surface area contributed by atoms with Crippen molar-refractivity contribution < 1.29 is 8.78 Å². The lowest BCUT2D eigenvalue weighted by Crippen LogP contribution is -2.11. The molecular weight excluding hydrogens is 911 g/mol. The standard InChI is InChI=1S/C68H44F2N4/c1-41-61(49-27-9-15-31-53(49)69)68(74-56-34-18-12-26-46(56)48-38-40-60-64(67(48)74)52-30-14-20-36-58(52)72(60)44-23-7-4-8-24-44)62(50-28-10-16-32-54(50)70)42(2)65(41)73-55-33-17-11-25-45(55)47-37-39-59-63(66(47)73)51-29-13-19-35-57(51)71(59)43-21-5-3-6-22-43/h3-40H,1-2H3. The van der Waals surface area contributed by atoms with Gasteiger partial charge in [0, 0.05) is 76.7 Å². The molecule has 0 atom stereocenters. The average molecular weight is 955 g/mol. The number of halogens is 2. The van der Waals surface area contributed by atoms with Gasteiger partial charge >= 0.3 is 0 Å². The van der Waals surface area contributed by atoms with Gasteiger partial charge in [0.1, 0.15) is 11.6 Å². The number of nitrogens with zero attached hydrogens (tertiary/aromatic N) is 4. The van der Waals surface area contributed by atoms with Crippen LogP contribution in [0.3, 0.4) is 0 Å². The Morgan fingerprint density at radius 2 is 0.608 bits per heavy atom. The van der Waals surface area contributed by atoms with Gasteiger partial charge in [0.25, 0.3) is 0 Å². The molecule has 0 aliphatic carbocycles. The highest BCUT2D eigenvalue weighted by Crippen LogP contribution is 2.52. The largest absolute Gasteiger partial charge is 0.309 e. The van der Waals surface area contributed by atoms with Crippen molar-refractivity contribution in [2.45, 2.75) is 13.8 Å². The molecule has 4 nitrogen and oxygen atoms in total. The minimum Gasteiger partial charge on any atom is -0.309 e. The summed E-state index contributed by atoms with van der Waals surface area (Å²) in [6, 6.07) is 78.3. The van der Waals surface area contributed by atoms with E-state index in [0.29, 0.717) is 27.9 Å². The molecule has 0 N–H and O–H groups in total. The molecule has 74 heavy (non-hydrogen) atoms. The quantitative estimate of drug-likeness (QED) is 0.158. The molecule has 11 aromatic carbocycles. The van der Waals surface area contributed by atoms with E-state index in [4.69, 9.17) is 0 Å². The van der Waals surface area contributed by atoms with Crippen LogP contribution in [-0.2, 0) is 0 Å². The van der Waals surface area contributed by atoms with Gasteiger partial charge < -0.3 is 18.3 Å². The van der Waals surface area contributed by atoms with Crippen LogP contribution in [0, 0.1) is 25.5 Å². The van der Waals surface area contributed by atoms with Gasteiger partial charge in [0.2, 0.25) is 0 Å². The summed E-state index contributed by atoms with van der Waals surface area (Å²) < 4.78 is 44.4. The van der Waals surface area contributed by atoms with Crippen LogP contribution in [0.25, 0.3) is 132 Å². The highest BCUT2D eigenvalue weighted by Gasteiger charge is 2.32. The summed E-state index contributed by atoms with van der Waals surface area (Å²) in [5, 5.41) is 8.60. The zero-order valence-corrected chi connectivity index (χ0v) is 40.5. The summed E-state index contributed by atoms with van der Waals surface area (Å²) in [6.07, 6.45) is 0. The van der Waals surface area contributed by atoms with Crippen molar-refractivity contribution in [3.63, 3.8) is 0 Å². The summed E-state index contributed by atoms with van der Waals surface area (Å²) in [4.78, 5) is 0. The normalized spacial score (nSPS) is 12.1. The maximum absolute atomic E-state index is 17.5. The van der Waals surface area contributed by atoms with E-state index in [1.807, 2.05) is 36.4 Å². The summed E-state index contributed by atoms with van der Waals surface area (Å²) in [5.74, 6) is -0.735. The van der Waals surface area contributed by atoms with Crippen LogP contribution in [0.5, 0.6) is 0 Å². The molecule has 6 heteroatoms. The fraction of sp³-hybridized carbons (Fsp3) is 0.0294. The van der Waals surface area contributed by atoms with E-state index >= 15 is 8.78 Å². The van der Waals surface area contributed by atoms with E-state index in [1.165, 1.54) is 0 Å². The molecule has 0 aliphatic heterocycles. The molecule has 350 valence electrons. The van der Waals surface area contributed by atoms with Crippen LogP contribution >= 0.6 is 0 Å². The van der Waals surface area contributed by atoms with E-state index in [-0.39, 0.29) is 11.6 Å². The Balaban J connectivity index is 1.19. The fourth-order valence-electron chi connectivity index (χ4n) is 12.7. The second-order valence-corrected chi connectivity index (χ2v) is 19.4. The first-order valence-electron chi connectivity index (χ1n) is 25.2. The molecule has 4 aromatic heterocycles. The molecule has 0 saturated heterocycles. The van der Waals surface area contributed by atoms with Crippen molar-refractivity contribution in [2.75, 3.05) is 0 Å². The summed E-state index contributed by atoms with van der Waals surface area (Å²) in [7, 11) is 0. The highest BCUT2D eigenvalue weighted by atomic mass is 19.1. The maximum atomic E-state index is 17.5. The van der Waals surface area contributed by atoms with E-state index < -0.39 is 0 Å². The number of para-hydroxylation sites is 6. The first kappa shape index (κ1) is 42.2. The third-order valence-corrected chi connectivity index (χ3v) is 15.6. The van der Waals surface area contributed by atoms with Gasteiger partial charge in [0.05, 0.1) is 55.5 Å². The predicted octanol–water partition coefficient (Wildman–Crippen LogP) is 18.3.